The molecule has 1 aromatic rings. The molecule has 0 spiro atoms. The Balaban J connectivity index is 2.16. The second-order valence-corrected chi connectivity index (χ2v) is 5.97. The maximum atomic E-state index is 12.2. The summed E-state index contributed by atoms with van der Waals surface area (Å²) in [7, 11) is 0. The van der Waals surface area contributed by atoms with Gasteiger partial charge in [-0.1, -0.05) is 31.9 Å². The van der Waals surface area contributed by atoms with Gasteiger partial charge >= 0.3 is 0 Å². The summed E-state index contributed by atoms with van der Waals surface area (Å²) in [4.78, 5) is 14.5. The molecular formula is C16H23ClN2O. The van der Waals surface area contributed by atoms with Crippen molar-refractivity contribution in [3.63, 3.8) is 0 Å². The van der Waals surface area contributed by atoms with Gasteiger partial charge in [-0.15, -0.1) is 0 Å². The van der Waals surface area contributed by atoms with Gasteiger partial charge in [-0.2, -0.15) is 0 Å². The van der Waals surface area contributed by atoms with Crippen molar-refractivity contribution in [3.8, 4) is 0 Å². The Morgan fingerprint density at radius 3 is 2.75 bits per heavy atom. The highest BCUT2D eigenvalue weighted by Gasteiger charge is 2.19. The van der Waals surface area contributed by atoms with Crippen molar-refractivity contribution in [2.45, 2.75) is 39.5 Å². The minimum Gasteiger partial charge on any atom is -0.370 e. The summed E-state index contributed by atoms with van der Waals surface area (Å²) in [6, 6.07) is 5.75. The first kappa shape index (κ1) is 15.2. The van der Waals surface area contributed by atoms with E-state index in [4.69, 9.17) is 11.6 Å². The Kier molecular flexibility index (Phi) is 5.30. The topological polar surface area (TPSA) is 32.3 Å². The molecule has 3 nitrogen and oxygen atoms in total. The number of nitrogens with one attached hydrogen (secondary N) is 1. The van der Waals surface area contributed by atoms with Crippen molar-refractivity contribution in [2.24, 2.45) is 5.92 Å². The Bertz CT molecular complexity index is 470. The lowest BCUT2D eigenvalue weighted by molar-refractivity contribution is -0.119. The summed E-state index contributed by atoms with van der Waals surface area (Å²) in [6.45, 7) is 6.17. The lowest BCUT2D eigenvalue weighted by Crippen LogP contribution is -2.24. The fourth-order valence-corrected chi connectivity index (χ4v) is 2.83. The SMILES string of the molecule is CCCC(C)C(=O)Nc1cc(Cl)ccc1N1CCCC1. The van der Waals surface area contributed by atoms with E-state index in [-0.39, 0.29) is 11.8 Å². The van der Waals surface area contributed by atoms with Gasteiger partial charge in [0.15, 0.2) is 0 Å². The Morgan fingerprint density at radius 2 is 2.10 bits per heavy atom. The highest BCUT2D eigenvalue weighted by atomic mass is 35.5. The molecule has 0 radical (unpaired) electrons. The van der Waals surface area contributed by atoms with E-state index in [1.807, 2.05) is 25.1 Å². The van der Waals surface area contributed by atoms with E-state index < -0.39 is 0 Å². The molecule has 1 aliphatic rings. The molecule has 4 heteroatoms. The third kappa shape index (κ3) is 3.66. The average molecular weight is 295 g/mol. The molecule has 1 fully saturated rings. The number of anilines is 2. The normalized spacial score (nSPS) is 16.2. The van der Waals surface area contributed by atoms with Gasteiger partial charge in [-0.3, -0.25) is 4.79 Å². The number of benzene rings is 1. The molecule has 1 aromatic carbocycles. The zero-order valence-corrected chi connectivity index (χ0v) is 13.0. The number of carbonyl (C=O) groups excluding carboxylic acids is 1. The summed E-state index contributed by atoms with van der Waals surface area (Å²) in [5.41, 5.74) is 1.93. The maximum absolute atomic E-state index is 12.2. The molecule has 0 bridgehead atoms. The minimum atomic E-state index is 0.0328. The number of rotatable bonds is 5. The van der Waals surface area contributed by atoms with Crippen molar-refractivity contribution in [3.05, 3.63) is 23.2 Å². The maximum Gasteiger partial charge on any atom is 0.227 e. The van der Waals surface area contributed by atoms with E-state index in [2.05, 4.69) is 17.1 Å². The third-order valence-electron chi connectivity index (χ3n) is 3.83. The predicted molar refractivity (Wildman–Crippen MR) is 85.6 cm³/mol. The van der Waals surface area contributed by atoms with Gasteiger partial charge in [0.05, 0.1) is 11.4 Å². The van der Waals surface area contributed by atoms with E-state index in [1.54, 1.807) is 0 Å². The van der Waals surface area contributed by atoms with Crippen LogP contribution in [0.15, 0.2) is 18.2 Å². The highest BCUT2D eigenvalue weighted by Crippen LogP contribution is 2.32. The number of carbonyl (C=O) groups is 1. The van der Waals surface area contributed by atoms with Gasteiger partial charge < -0.3 is 10.2 Å². The molecule has 1 unspecified atom stereocenters. The Hall–Kier alpha value is -1.22. The molecule has 110 valence electrons. The number of nitrogens with zero attached hydrogens (tertiary/aromatic N) is 1. The van der Waals surface area contributed by atoms with Crippen molar-refractivity contribution in [1.29, 1.82) is 0 Å². The van der Waals surface area contributed by atoms with Crippen LogP contribution in [0.1, 0.15) is 39.5 Å². The van der Waals surface area contributed by atoms with E-state index in [0.29, 0.717) is 5.02 Å². The fraction of sp³-hybridized carbons (Fsp3) is 0.562. The zero-order valence-electron chi connectivity index (χ0n) is 12.3. The van der Waals surface area contributed by atoms with Crippen molar-refractivity contribution in [1.82, 2.24) is 0 Å². The van der Waals surface area contributed by atoms with Gasteiger partial charge in [0.1, 0.15) is 0 Å². The quantitative estimate of drug-likeness (QED) is 0.877. The van der Waals surface area contributed by atoms with Crippen LogP contribution in [0.5, 0.6) is 0 Å². The molecule has 0 aromatic heterocycles. The summed E-state index contributed by atoms with van der Waals surface area (Å²) >= 11 is 6.08. The summed E-state index contributed by atoms with van der Waals surface area (Å²) in [5.74, 6) is 0.111. The smallest absolute Gasteiger partial charge is 0.227 e. The third-order valence-corrected chi connectivity index (χ3v) is 4.07. The van der Waals surface area contributed by atoms with Crippen LogP contribution in [0.2, 0.25) is 5.02 Å². The molecular weight excluding hydrogens is 272 g/mol. The lowest BCUT2D eigenvalue weighted by atomic mass is 10.1. The van der Waals surface area contributed by atoms with E-state index in [9.17, 15) is 4.79 Å². The van der Waals surface area contributed by atoms with E-state index in [1.165, 1.54) is 12.8 Å². The second kappa shape index (κ2) is 6.98. The first-order chi connectivity index (χ1) is 9.61. The monoisotopic (exact) mass is 294 g/mol. The largest absolute Gasteiger partial charge is 0.370 e. The van der Waals surface area contributed by atoms with Crippen molar-refractivity contribution < 1.29 is 4.79 Å². The number of amides is 1. The van der Waals surface area contributed by atoms with Crippen LogP contribution in [-0.4, -0.2) is 19.0 Å². The minimum absolute atomic E-state index is 0.0328. The predicted octanol–water partition coefficient (Wildman–Crippen LogP) is 4.31. The van der Waals surface area contributed by atoms with Crippen LogP contribution in [0.3, 0.4) is 0 Å². The first-order valence-electron chi connectivity index (χ1n) is 7.47. The first-order valence-corrected chi connectivity index (χ1v) is 7.85. The van der Waals surface area contributed by atoms with Crippen LogP contribution >= 0.6 is 11.6 Å². The summed E-state index contributed by atoms with van der Waals surface area (Å²) in [6.07, 6.45) is 4.35. The second-order valence-electron chi connectivity index (χ2n) is 5.53. The standard InChI is InChI=1S/C16H23ClN2O/c1-3-6-12(2)16(20)18-14-11-13(17)7-8-15(14)19-9-4-5-10-19/h7-8,11-12H,3-6,9-10H2,1-2H3,(H,18,20). The number of hydrogen-bond donors (Lipinski definition) is 1. The van der Waals surface area contributed by atoms with Gasteiger partial charge in [0, 0.05) is 24.0 Å². The summed E-state index contributed by atoms with van der Waals surface area (Å²) < 4.78 is 0. The van der Waals surface area contributed by atoms with E-state index >= 15 is 0 Å². The molecule has 1 amide bonds. The number of halogens is 1. The molecule has 1 saturated heterocycles. The van der Waals surface area contributed by atoms with Crippen LogP contribution in [-0.2, 0) is 4.79 Å². The van der Waals surface area contributed by atoms with Crippen molar-refractivity contribution >= 4 is 28.9 Å². The molecule has 1 heterocycles. The average Bonchev–Trinajstić information content (AvgIpc) is 2.93. The Morgan fingerprint density at radius 1 is 1.40 bits per heavy atom. The molecule has 20 heavy (non-hydrogen) atoms. The van der Waals surface area contributed by atoms with Gasteiger partial charge in [0.25, 0.3) is 0 Å². The van der Waals surface area contributed by atoms with Crippen LogP contribution in [0.25, 0.3) is 0 Å². The van der Waals surface area contributed by atoms with Gasteiger partial charge in [-0.05, 0) is 37.5 Å². The van der Waals surface area contributed by atoms with Crippen LogP contribution < -0.4 is 10.2 Å². The molecule has 1 N–H and O–H groups in total. The Labute approximate surface area is 126 Å². The molecule has 0 saturated carbocycles. The highest BCUT2D eigenvalue weighted by molar-refractivity contribution is 6.31. The molecule has 1 aliphatic heterocycles. The van der Waals surface area contributed by atoms with Crippen molar-refractivity contribution in [2.75, 3.05) is 23.3 Å². The van der Waals surface area contributed by atoms with Crippen LogP contribution in [0.4, 0.5) is 11.4 Å². The van der Waals surface area contributed by atoms with Gasteiger partial charge in [0.2, 0.25) is 5.91 Å². The molecule has 1 atom stereocenters. The fourth-order valence-electron chi connectivity index (χ4n) is 2.66. The molecule has 0 aliphatic carbocycles. The van der Waals surface area contributed by atoms with Crippen LogP contribution in [0, 0.1) is 5.92 Å². The van der Waals surface area contributed by atoms with E-state index in [0.717, 1.165) is 37.3 Å². The summed E-state index contributed by atoms with van der Waals surface area (Å²) in [5, 5.41) is 3.71. The molecule has 2 rings (SSSR count). The number of hydrogen-bond acceptors (Lipinski definition) is 2. The zero-order chi connectivity index (χ0) is 14.5. The lowest BCUT2D eigenvalue weighted by Gasteiger charge is -2.22. The van der Waals surface area contributed by atoms with Gasteiger partial charge in [-0.25, -0.2) is 0 Å².